The Morgan fingerprint density at radius 3 is 2.79 bits per heavy atom. The van der Waals surface area contributed by atoms with E-state index in [4.69, 9.17) is 10.5 Å². The average Bonchev–Trinajstić information content (AvgIpc) is 2.35. The molecule has 1 rings (SSSR count). The number of nitro benzene ring substituents is 1. The minimum atomic E-state index is -0.488. The maximum absolute atomic E-state index is 10.8. The van der Waals surface area contributed by atoms with Gasteiger partial charge in [0, 0.05) is 30.8 Å². The Kier molecular flexibility index (Phi) is 5.59. The molecule has 0 spiro atoms. The first-order valence-electron chi connectivity index (χ1n) is 5.97. The molecule has 0 bridgehead atoms. The van der Waals surface area contributed by atoms with Crippen LogP contribution in [0.4, 0.5) is 11.4 Å². The number of nitrogens with one attached hydrogen (secondary N) is 1. The van der Waals surface area contributed by atoms with Crippen LogP contribution < -0.4 is 15.8 Å². The van der Waals surface area contributed by atoms with Crippen LogP contribution in [0.3, 0.4) is 0 Å². The van der Waals surface area contributed by atoms with Gasteiger partial charge in [0.05, 0.1) is 17.6 Å². The van der Waals surface area contributed by atoms with Crippen LogP contribution >= 0.6 is 0 Å². The van der Waals surface area contributed by atoms with Crippen molar-refractivity contribution in [1.29, 1.82) is 0 Å². The minimum absolute atomic E-state index is 0.0600. The van der Waals surface area contributed by atoms with Crippen LogP contribution in [0.25, 0.3) is 0 Å². The molecule has 0 aliphatic heterocycles. The van der Waals surface area contributed by atoms with E-state index in [2.05, 4.69) is 5.32 Å². The molecule has 0 radical (unpaired) electrons. The summed E-state index contributed by atoms with van der Waals surface area (Å²) in [6.45, 7) is 2.76. The summed E-state index contributed by atoms with van der Waals surface area (Å²) in [5.74, 6) is -0.00184. The number of ether oxygens (including phenoxy) is 1. The number of rotatable bonds is 8. The van der Waals surface area contributed by atoms with E-state index >= 15 is 0 Å². The summed E-state index contributed by atoms with van der Waals surface area (Å²) in [4.78, 5) is 20.9. The predicted octanol–water partition coefficient (Wildman–Crippen LogP) is 1.67. The lowest BCUT2D eigenvalue weighted by atomic mass is 10.2. The first-order valence-corrected chi connectivity index (χ1v) is 5.97. The smallest absolute Gasteiger partial charge is 0.275 e. The fourth-order valence-electron chi connectivity index (χ4n) is 1.42. The molecule has 0 saturated heterocycles. The number of hydrogen-bond donors (Lipinski definition) is 2. The first-order chi connectivity index (χ1) is 9.02. The zero-order valence-corrected chi connectivity index (χ0v) is 10.7. The van der Waals surface area contributed by atoms with Gasteiger partial charge in [-0.2, -0.15) is 0 Å². The van der Waals surface area contributed by atoms with Crippen LogP contribution in [-0.2, 0) is 4.79 Å². The van der Waals surface area contributed by atoms with Gasteiger partial charge in [-0.1, -0.05) is 6.92 Å². The quantitative estimate of drug-likeness (QED) is 0.550. The van der Waals surface area contributed by atoms with E-state index in [0.29, 0.717) is 24.6 Å². The van der Waals surface area contributed by atoms with Crippen molar-refractivity contribution in [3.05, 3.63) is 28.3 Å². The van der Waals surface area contributed by atoms with Crippen molar-refractivity contribution in [3.8, 4) is 5.75 Å². The largest absolute Gasteiger partial charge is 0.493 e. The molecule has 3 N–H and O–H groups in total. The summed E-state index contributed by atoms with van der Waals surface area (Å²) < 4.78 is 5.38. The number of nitro groups is 1. The molecule has 7 nitrogen and oxygen atoms in total. The van der Waals surface area contributed by atoms with Gasteiger partial charge in [-0.3, -0.25) is 14.9 Å². The molecule has 104 valence electrons. The van der Waals surface area contributed by atoms with E-state index in [1.165, 1.54) is 12.1 Å². The molecule has 7 heteroatoms. The van der Waals surface area contributed by atoms with E-state index in [1.807, 2.05) is 6.92 Å². The van der Waals surface area contributed by atoms with Crippen LogP contribution in [0.1, 0.15) is 19.8 Å². The Morgan fingerprint density at radius 2 is 2.21 bits per heavy atom. The first kappa shape index (κ1) is 14.7. The molecular weight excluding hydrogens is 250 g/mol. The summed E-state index contributed by atoms with van der Waals surface area (Å²) in [5, 5.41) is 13.7. The van der Waals surface area contributed by atoms with Gasteiger partial charge in [-0.25, -0.2) is 0 Å². The summed E-state index contributed by atoms with van der Waals surface area (Å²) in [6.07, 6.45) is 0.973. The topological polar surface area (TPSA) is 107 Å². The molecule has 0 aromatic heterocycles. The lowest BCUT2D eigenvalue weighted by Gasteiger charge is -2.09. The van der Waals surface area contributed by atoms with Crippen LogP contribution in [-0.4, -0.2) is 24.0 Å². The van der Waals surface area contributed by atoms with Gasteiger partial charge >= 0.3 is 0 Å². The normalized spacial score (nSPS) is 9.95. The van der Waals surface area contributed by atoms with E-state index in [1.54, 1.807) is 6.07 Å². The third kappa shape index (κ3) is 5.24. The minimum Gasteiger partial charge on any atom is -0.493 e. The van der Waals surface area contributed by atoms with Crippen molar-refractivity contribution in [3.63, 3.8) is 0 Å². The summed E-state index contributed by atoms with van der Waals surface area (Å²) in [5.41, 5.74) is 5.49. The number of nitrogens with two attached hydrogens (primary N) is 1. The highest BCUT2D eigenvalue weighted by Crippen LogP contribution is 2.26. The van der Waals surface area contributed by atoms with E-state index in [0.717, 1.165) is 6.42 Å². The zero-order valence-electron chi connectivity index (χ0n) is 10.7. The third-order valence-corrected chi connectivity index (χ3v) is 2.28. The second kappa shape index (κ2) is 7.20. The van der Waals surface area contributed by atoms with Crippen LogP contribution in [0.15, 0.2) is 18.2 Å². The molecule has 1 aromatic carbocycles. The molecule has 1 amide bonds. The van der Waals surface area contributed by atoms with Crippen molar-refractivity contribution >= 4 is 17.3 Å². The lowest BCUT2D eigenvalue weighted by molar-refractivity contribution is -0.384. The molecule has 19 heavy (non-hydrogen) atoms. The van der Waals surface area contributed by atoms with Crippen molar-refractivity contribution in [2.75, 3.05) is 18.5 Å². The van der Waals surface area contributed by atoms with E-state index in [-0.39, 0.29) is 12.1 Å². The number of carbonyl (C=O) groups excluding carboxylic acids is 1. The SMILES string of the molecule is CCCOc1cc(NCCC(N)=O)cc([N+](=O)[O-])c1. The second-order valence-corrected chi connectivity index (χ2v) is 3.96. The zero-order chi connectivity index (χ0) is 14.3. The van der Waals surface area contributed by atoms with Gasteiger partial charge in [0.2, 0.25) is 5.91 Å². The van der Waals surface area contributed by atoms with Gasteiger partial charge in [-0.05, 0) is 6.42 Å². The third-order valence-electron chi connectivity index (χ3n) is 2.28. The fraction of sp³-hybridized carbons (Fsp3) is 0.417. The summed E-state index contributed by atoms with van der Waals surface area (Å²) >= 11 is 0. The maximum Gasteiger partial charge on any atom is 0.275 e. The molecule has 0 fully saturated rings. The van der Waals surface area contributed by atoms with Gasteiger partial charge in [0.25, 0.3) is 5.69 Å². The molecule has 0 saturated carbocycles. The molecule has 0 unspecified atom stereocenters. The molecule has 0 aliphatic carbocycles. The molecule has 0 atom stereocenters. The molecule has 1 aromatic rings. The van der Waals surface area contributed by atoms with Crippen LogP contribution in [0.2, 0.25) is 0 Å². The van der Waals surface area contributed by atoms with Crippen molar-refractivity contribution in [2.24, 2.45) is 5.73 Å². The van der Waals surface area contributed by atoms with Crippen LogP contribution in [0, 0.1) is 10.1 Å². The molecular formula is C12H17N3O4. The number of non-ortho nitro benzene ring substituents is 1. The van der Waals surface area contributed by atoms with Crippen molar-refractivity contribution in [2.45, 2.75) is 19.8 Å². The number of hydrogen-bond acceptors (Lipinski definition) is 5. The number of nitrogens with zero attached hydrogens (tertiary/aromatic N) is 1. The Bertz CT molecular complexity index is 462. The van der Waals surface area contributed by atoms with Gasteiger partial charge < -0.3 is 15.8 Å². The van der Waals surface area contributed by atoms with Crippen molar-refractivity contribution < 1.29 is 14.5 Å². The van der Waals surface area contributed by atoms with E-state index < -0.39 is 10.8 Å². The summed E-state index contributed by atoms with van der Waals surface area (Å²) in [6, 6.07) is 4.42. The molecule has 0 aliphatic rings. The lowest BCUT2D eigenvalue weighted by Crippen LogP contribution is -2.15. The van der Waals surface area contributed by atoms with Gasteiger partial charge in [0.15, 0.2) is 0 Å². The monoisotopic (exact) mass is 267 g/mol. The average molecular weight is 267 g/mol. The van der Waals surface area contributed by atoms with E-state index in [9.17, 15) is 14.9 Å². The number of carbonyl (C=O) groups is 1. The van der Waals surface area contributed by atoms with Crippen LogP contribution in [0.5, 0.6) is 5.75 Å². The standard InChI is InChI=1S/C12H17N3O4/c1-2-5-19-11-7-9(14-4-3-12(13)16)6-10(8-11)15(17)18/h6-8,14H,2-5H2,1H3,(H2,13,16). The number of benzene rings is 1. The fourth-order valence-corrected chi connectivity index (χ4v) is 1.42. The second-order valence-electron chi connectivity index (χ2n) is 3.96. The number of primary amides is 1. The predicted molar refractivity (Wildman–Crippen MR) is 71.2 cm³/mol. The Morgan fingerprint density at radius 1 is 1.47 bits per heavy atom. The highest BCUT2D eigenvalue weighted by Gasteiger charge is 2.10. The highest BCUT2D eigenvalue weighted by atomic mass is 16.6. The Hall–Kier alpha value is -2.31. The van der Waals surface area contributed by atoms with Crippen molar-refractivity contribution in [1.82, 2.24) is 0 Å². The van der Waals surface area contributed by atoms with Gasteiger partial charge in [-0.15, -0.1) is 0 Å². The van der Waals surface area contributed by atoms with Gasteiger partial charge in [0.1, 0.15) is 5.75 Å². The Labute approximate surface area is 110 Å². The number of amides is 1. The maximum atomic E-state index is 10.8. The highest BCUT2D eigenvalue weighted by molar-refractivity contribution is 5.74. The summed E-state index contributed by atoms with van der Waals surface area (Å²) in [7, 11) is 0. The Balaban J connectivity index is 2.80. The number of anilines is 1. The molecule has 0 heterocycles.